The van der Waals surface area contributed by atoms with Crippen LogP contribution in [0.4, 0.5) is 0 Å². The predicted octanol–water partition coefficient (Wildman–Crippen LogP) is 3.03. The van der Waals surface area contributed by atoms with Gasteiger partial charge in [0.25, 0.3) is 5.24 Å². The van der Waals surface area contributed by atoms with Crippen LogP contribution in [-0.2, 0) is 0 Å². The summed E-state index contributed by atoms with van der Waals surface area (Å²) in [5, 5.41) is -0.0776. The van der Waals surface area contributed by atoms with Crippen molar-refractivity contribution in [3.63, 3.8) is 0 Å². The van der Waals surface area contributed by atoms with E-state index in [2.05, 4.69) is 0 Å². The molecule has 0 saturated carbocycles. The Morgan fingerprint density at radius 2 is 2.09 bits per heavy atom. The number of hydrogen-bond donors (Lipinski definition) is 0. The van der Waals surface area contributed by atoms with Crippen molar-refractivity contribution in [1.82, 2.24) is 0 Å². The van der Waals surface area contributed by atoms with E-state index in [0.717, 1.165) is 5.56 Å². The summed E-state index contributed by atoms with van der Waals surface area (Å²) >= 11 is 11.0. The molecular weight excluding hydrogens is 183 g/mol. The van der Waals surface area contributed by atoms with Crippen molar-refractivity contribution in [3.05, 3.63) is 34.3 Å². The van der Waals surface area contributed by atoms with Crippen LogP contribution in [0.3, 0.4) is 0 Å². The third-order valence-electron chi connectivity index (χ3n) is 1.40. The fourth-order valence-corrected chi connectivity index (χ4v) is 1.22. The predicted molar refractivity (Wildman–Crippen MR) is 46.4 cm³/mol. The Morgan fingerprint density at radius 1 is 1.45 bits per heavy atom. The number of carbonyl (C=O) groups is 1. The molecule has 0 aliphatic rings. The molecule has 0 bridgehead atoms. The van der Waals surface area contributed by atoms with Gasteiger partial charge in [0.2, 0.25) is 0 Å². The number of halogens is 2. The molecule has 1 nitrogen and oxygen atoms in total. The molecule has 0 saturated heterocycles. The highest BCUT2D eigenvalue weighted by Crippen LogP contribution is 2.21. The third kappa shape index (κ3) is 1.73. The third-order valence-corrected chi connectivity index (χ3v) is 2.11. The van der Waals surface area contributed by atoms with Gasteiger partial charge < -0.3 is 0 Å². The Morgan fingerprint density at radius 3 is 2.55 bits per heavy atom. The number of hydrogen-bond acceptors (Lipinski definition) is 1. The van der Waals surface area contributed by atoms with Crippen molar-refractivity contribution in [1.29, 1.82) is 0 Å². The van der Waals surface area contributed by atoms with Gasteiger partial charge >= 0.3 is 0 Å². The molecule has 0 N–H and O–H groups in total. The minimum atomic E-state index is -0.515. The number of aryl methyl sites for hydroxylation is 1. The summed E-state index contributed by atoms with van der Waals surface area (Å²) in [4.78, 5) is 10.7. The SMILES string of the molecule is Cc1cccc(C(=O)Cl)c1Cl. The normalized spacial score (nSPS) is 9.73. The molecule has 1 rings (SSSR count). The van der Waals surface area contributed by atoms with Crippen LogP contribution in [0.5, 0.6) is 0 Å². The summed E-state index contributed by atoms with van der Waals surface area (Å²) < 4.78 is 0. The molecule has 0 radical (unpaired) electrons. The summed E-state index contributed by atoms with van der Waals surface area (Å²) in [5.41, 5.74) is 1.23. The van der Waals surface area contributed by atoms with Crippen molar-refractivity contribution in [2.24, 2.45) is 0 Å². The summed E-state index contributed by atoms with van der Waals surface area (Å²) in [6.07, 6.45) is 0. The van der Waals surface area contributed by atoms with Gasteiger partial charge in [0.05, 0.1) is 10.6 Å². The quantitative estimate of drug-likeness (QED) is 0.620. The molecule has 0 fully saturated rings. The first-order valence-corrected chi connectivity index (χ1v) is 3.83. The van der Waals surface area contributed by atoms with E-state index < -0.39 is 5.24 Å². The molecule has 0 aliphatic heterocycles. The zero-order valence-corrected chi connectivity index (χ0v) is 7.41. The maximum Gasteiger partial charge on any atom is 0.253 e. The van der Waals surface area contributed by atoms with Crippen LogP contribution in [0.25, 0.3) is 0 Å². The van der Waals surface area contributed by atoms with E-state index in [1.54, 1.807) is 12.1 Å². The highest BCUT2D eigenvalue weighted by Gasteiger charge is 2.07. The van der Waals surface area contributed by atoms with E-state index >= 15 is 0 Å². The molecule has 0 spiro atoms. The van der Waals surface area contributed by atoms with Crippen molar-refractivity contribution >= 4 is 28.4 Å². The highest BCUT2D eigenvalue weighted by molar-refractivity contribution is 6.68. The van der Waals surface area contributed by atoms with Crippen molar-refractivity contribution in [3.8, 4) is 0 Å². The first-order valence-electron chi connectivity index (χ1n) is 3.08. The lowest BCUT2D eigenvalue weighted by molar-refractivity contribution is 0.108. The second-order valence-electron chi connectivity index (χ2n) is 2.21. The summed E-state index contributed by atoms with van der Waals surface area (Å²) in [7, 11) is 0. The minimum absolute atomic E-state index is 0.369. The molecular formula is C8H6Cl2O. The lowest BCUT2D eigenvalue weighted by Crippen LogP contribution is -1.91. The van der Waals surface area contributed by atoms with Gasteiger partial charge in [-0.05, 0) is 30.2 Å². The summed E-state index contributed by atoms with van der Waals surface area (Å²) in [6, 6.07) is 5.17. The van der Waals surface area contributed by atoms with Gasteiger partial charge in [-0.2, -0.15) is 0 Å². The standard InChI is InChI=1S/C8H6Cl2O/c1-5-3-2-4-6(7(5)9)8(10)11/h2-4H,1H3. The smallest absolute Gasteiger partial charge is 0.253 e. The van der Waals surface area contributed by atoms with Gasteiger partial charge in [0, 0.05) is 0 Å². The fraction of sp³-hybridized carbons (Fsp3) is 0.125. The maximum absolute atomic E-state index is 10.7. The Bertz CT molecular complexity index is 294. The highest BCUT2D eigenvalue weighted by atomic mass is 35.5. The molecule has 0 atom stereocenters. The molecule has 3 heteroatoms. The molecule has 1 aromatic rings. The molecule has 58 valence electrons. The van der Waals surface area contributed by atoms with E-state index in [4.69, 9.17) is 23.2 Å². The van der Waals surface area contributed by atoms with Crippen LogP contribution in [-0.4, -0.2) is 5.24 Å². The maximum atomic E-state index is 10.7. The zero-order chi connectivity index (χ0) is 8.43. The fourth-order valence-electron chi connectivity index (χ4n) is 0.799. The number of carbonyl (C=O) groups excluding carboxylic acids is 1. The molecule has 0 amide bonds. The first kappa shape index (κ1) is 8.57. The van der Waals surface area contributed by atoms with Gasteiger partial charge in [0.1, 0.15) is 0 Å². The largest absolute Gasteiger partial charge is 0.276 e. The van der Waals surface area contributed by atoms with Gasteiger partial charge in [-0.25, -0.2) is 0 Å². The monoisotopic (exact) mass is 188 g/mol. The van der Waals surface area contributed by atoms with Crippen molar-refractivity contribution in [2.45, 2.75) is 6.92 Å². The van der Waals surface area contributed by atoms with Crippen LogP contribution in [0.1, 0.15) is 15.9 Å². The Hall–Kier alpha value is -0.530. The molecule has 11 heavy (non-hydrogen) atoms. The number of rotatable bonds is 1. The average molecular weight is 189 g/mol. The average Bonchev–Trinajstić information content (AvgIpc) is 1.94. The van der Waals surface area contributed by atoms with Crippen LogP contribution in [0.2, 0.25) is 5.02 Å². The Kier molecular flexibility index (Phi) is 2.53. The van der Waals surface area contributed by atoms with Gasteiger partial charge in [-0.1, -0.05) is 23.7 Å². The topological polar surface area (TPSA) is 17.1 Å². The van der Waals surface area contributed by atoms with E-state index in [9.17, 15) is 4.79 Å². The minimum Gasteiger partial charge on any atom is -0.276 e. The molecule has 0 aromatic heterocycles. The Labute approximate surface area is 74.9 Å². The van der Waals surface area contributed by atoms with Crippen molar-refractivity contribution < 1.29 is 4.79 Å². The lowest BCUT2D eigenvalue weighted by atomic mass is 10.1. The van der Waals surface area contributed by atoms with Gasteiger partial charge in [0.15, 0.2) is 0 Å². The summed E-state index contributed by atoms with van der Waals surface area (Å²) in [5.74, 6) is 0. The second kappa shape index (κ2) is 3.24. The van der Waals surface area contributed by atoms with Crippen molar-refractivity contribution in [2.75, 3.05) is 0 Å². The van der Waals surface area contributed by atoms with Crippen LogP contribution in [0.15, 0.2) is 18.2 Å². The summed E-state index contributed by atoms with van der Waals surface area (Å²) in [6.45, 7) is 1.83. The molecule has 0 heterocycles. The number of benzene rings is 1. The van der Waals surface area contributed by atoms with Gasteiger partial charge in [-0.3, -0.25) is 4.79 Å². The second-order valence-corrected chi connectivity index (χ2v) is 2.93. The zero-order valence-electron chi connectivity index (χ0n) is 5.90. The van der Waals surface area contributed by atoms with Gasteiger partial charge in [-0.15, -0.1) is 0 Å². The van der Waals surface area contributed by atoms with Crippen LogP contribution in [0, 0.1) is 6.92 Å². The molecule has 0 unspecified atom stereocenters. The lowest BCUT2D eigenvalue weighted by Gasteiger charge is -1.99. The molecule has 0 aliphatic carbocycles. The Balaban J connectivity index is 3.27. The van der Waals surface area contributed by atoms with Crippen LogP contribution < -0.4 is 0 Å². The van der Waals surface area contributed by atoms with E-state index in [0.29, 0.717) is 10.6 Å². The van der Waals surface area contributed by atoms with E-state index in [1.807, 2.05) is 13.0 Å². The van der Waals surface area contributed by atoms with E-state index in [-0.39, 0.29) is 0 Å². The first-order chi connectivity index (χ1) is 5.13. The molecule has 1 aromatic carbocycles. The van der Waals surface area contributed by atoms with Crippen LogP contribution >= 0.6 is 23.2 Å². The van der Waals surface area contributed by atoms with E-state index in [1.165, 1.54) is 0 Å².